The van der Waals surface area contributed by atoms with Gasteiger partial charge in [0.1, 0.15) is 12.4 Å². The molecule has 1 heterocycles. The van der Waals surface area contributed by atoms with Gasteiger partial charge in [-0.1, -0.05) is 19.1 Å². The highest BCUT2D eigenvalue weighted by molar-refractivity contribution is 5.75. The molecule has 0 aliphatic heterocycles. The van der Waals surface area contributed by atoms with Gasteiger partial charge in [-0.3, -0.25) is 0 Å². The Hall–Kier alpha value is -2.27. The molecular formula is C22H31NO4. The van der Waals surface area contributed by atoms with Crippen LogP contribution in [-0.4, -0.2) is 36.5 Å². The van der Waals surface area contributed by atoms with Crippen LogP contribution < -0.4 is 4.74 Å². The van der Waals surface area contributed by atoms with Gasteiger partial charge in [-0.2, -0.15) is 0 Å². The summed E-state index contributed by atoms with van der Waals surface area (Å²) in [5, 5.41) is 0. The summed E-state index contributed by atoms with van der Waals surface area (Å²) in [6.07, 6.45) is 0.949. The highest BCUT2D eigenvalue weighted by atomic mass is 16.6. The molecule has 0 N–H and O–H groups in total. The Morgan fingerprint density at radius 3 is 2.41 bits per heavy atom. The van der Waals surface area contributed by atoms with Crippen LogP contribution in [0.2, 0.25) is 0 Å². The number of hydrogen-bond acceptors (Lipinski definition) is 4. The first-order valence-electron chi connectivity index (χ1n) is 9.73. The summed E-state index contributed by atoms with van der Waals surface area (Å²) in [5.74, 6) is 0.513. The zero-order valence-electron chi connectivity index (χ0n) is 16.9. The topological polar surface area (TPSA) is 49.7 Å². The lowest BCUT2D eigenvalue weighted by Gasteiger charge is -2.16. The van der Waals surface area contributed by atoms with E-state index in [1.54, 1.807) is 6.92 Å². The monoisotopic (exact) mass is 373 g/mol. The minimum absolute atomic E-state index is 0.312. The summed E-state index contributed by atoms with van der Waals surface area (Å²) in [6, 6.07) is 12.1. The number of esters is 1. The van der Waals surface area contributed by atoms with Gasteiger partial charge in [-0.25, -0.2) is 4.79 Å². The normalized spacial score (nSPS) is 12.0. The van der Waals surface area contributed by atoms with E-state index in [1.165, 1.54) is 11.4 Å². The lowest BCUT2D eigenvalue weighted by atomic mass is 10.1. The summed E-state index contributed by atoms with van der Waals surface area (Å²) in [7, 11) is 0. The van der Waals surface area contributed by atoms with E-state index >= 15 is 0 Å². The standard InChI is InChI=1S/C22H31NO4/c1-5-19-11-8-17(4)23(19)14-15-27-20-12-9-18(10-13-20)16-21(25-6-2)22(24)26-7-3/h8-13,21H,5-7,14-16H2,1-4H3. The SMILES string of the molecule is CCOC(=O)C(Cc1ccc(OCCn2c(C)ccc2CC)cc1)OCC. The summed E-state index contributed by atoms with van der Waals surface area (Å²) < 4.78 is 18.8. The van der Waals surface area contributed by atoms with Crippen LogP contribution in [0.1, 0.15) is 37.7 Å². The van der Waals surface area contributed by atoms with E-state index in [2.05, 4.69) is 30.5 Å². The van der Waals surface area contributed by atoms with E-state index < -0.39 is 6.10 Å². The van der Waals surface area contributed by atoms with E-state index in [-0.39, 0.29) is 5.97 Å². The highest BCUT2D eigenvalue weighted by Crippen LogP contribution is 2.16. The number of ether oxygens (including phenoxy) is 3. The Labute approximate surface area is 162 Å². The van der Waals surface area contributed by atoms with Crippen LogP contribution in [0.15, 0.2) is 36.4 Å². The molecule has 0 aliphatic carbocycles. The summed E-state index contributed by atoms with van der Waals surface area (Å²) in [4.78, 5) is 12.0. The van der Waals surface area contributed by atoms with Gasteiger partial charge in [0.05, 0.1) is 13.2 Å². The quantitative estimate of drug-likeness (QED) is 0.560. The van der Waals surface area contributed by atoms with E-state index in [4.69, 9.17) is 14.2 Å². The molecule has 27 heavy (non-hydrogen) atoms. The third-order valence-electron chi connectivity index (χ3n) is 4.50. The molecule has 0 saturated carbocycles. The first kappa shape index (κ1) is 21.0. The van der Waals surface area contributed by atoms with Crippen molar-refractivity contribution in [3.05, 3.63) is 53.3 Å². The molecule has 1 aromatic heterocycles. The summed E-state index contributed by atoms with van der Waals surface area (Å²) >= 11 is 0. The number of benzene rings is 1. The molecule has 0 radical (unpaired) electrons. The lowest BCUT2D eigenvalue weighted by molar-refractivity contribution is -0.156. The van der Waals surface area contributed by atoms with Crippen LogP contribution in [0.3, 0.4) is 0 Å². The predicted molar refractivity (Wildman–Crippen MR) is 106 cm³/mol. The zero-order valence-corrected chi connectivity index (χ0v) is 16.9. The Kier molecular flexibility index (Phi) is 8.40. The average Bonchev–Trinajstić information content (AvgIpc) is 3.03. The number of nitrogens with zero attached hydrogens (tertiary/aromatic N) is 1. The van der Waals surface area contributed by atoms with Crippen LogP contribution in [0.25, 0.3) is 0 Å². The van der Waals surface area contributed by atoms with Crippen molar-refractivity contribution in [1.82, 2.24) is 4.57 Å². The highest BCUT2D eigenvalue weighted by Gasteiger charge is 2.20. The number of hydrogen-bond donors (Lipinski definition) is 0. The average molecular weight is 373 g/mol. The fraction of sp³-hybridized carbons (Fsp3) is 0.500. The van der Waals surface area contributed by atoms with Gasteiger partial charge in [0.25, 0.3) is 0 Å². The van der Waals surface area contributed by atoms with Crippen LogP contribution in [0, 0.1) is 6.92 Å². The Morgan fingerprint density at radius 1 is 1.04 bits per heavy atom. The molecule has 1 aromatic carbocycles. The third-order valence-corrected chi connectivity index (χ3v) is 4.50. The zero-order chi connectivity index (χ0) is 19.6. The van der Waals surface area contributed by atoms with Crippen LogP contribution in [-0.2, 0) is 33.7 Å². The maximum absolute atomic E-state index is 12.0. The molecule has 0 spiro atoms. The van der Waals surface area contributed by atoms with Gasteiger partial charge >= 0.3 is 5.97 Å². The molecule has 2 rings (SSSR count). The minimum Gasteiger partial charge on any atom is -0.492 e. The van der Waals surface area contributed by atoms with E-state index in [9.17, 15) is 4.79 Å². The maximum Gasteiger partial charge on any atom is 0.335 e. The molecule has 0 fully saturated rings. The van der Waals surface area contributed by atoms with Gasteiger partial charge in [0.2, 0.25) is 0 Å². The molecule has 5 heteroatoms. The molecular weight excluding hydrogens is 342 g/mol. The minimum atomic E-state index is -0.564. The van der Waals surface area contributed by atoms with Crippen molar-refractivity contribution < 1.29 is 19.0 Å². The van der Waals surface area contributed by atoms with Gasteiger partial charge in [0.15, 0.2) is 6.10 Å². The molecule has 5 nitrogen and oxygen atoms in total. The first-order valence-corrected chi connectivity index (χ1v) is 9.73. The first-order chi connectivity index (χ1) is 13.1. The number of carbonyl (C=O) groups is 1. The molecule has 1 atom stereocenters. The van der Waals surface area contributed by atoms with E-state index in [1.807, 2.05) is 31.2 Å². The predicted octanol–water partition coefficient (Wildman–Crippen LogP) is 3.95. The largest absolute Gasteiger partial charge is 0.492 e. The van der Waals surface area contributed by atoms with Crippen molar-refractivity contribution in [1.29, 1.82) is 0 Å². The Balaban J connectivity index is 1.88. The molecule has 2 aromatic rings. The van der Waals surface area contributed by atoms with Crippen LogP contribution >= 0.6 is 0 Å². The number of aryl methyl sites for hydroxylation is 2. The van der Waals surface area contributed by atoms with Gasteiger partial charge in [-0.05, 0) is 57.0 Å². The number of aromatic nitrogens is 1. The molecule has 0 aliphatic rings. The van der Waals surface area contributed by atoms with Crippen molar-refractivity contribution in [2.45, 2.75) is 53.2 Å². The van der Waals surface area contributed by atoms with Gasteiger partial charge in [-0.15, -0.1) is 0 Å². The summed E-state index contributed by atoms with van der Waals surface area (Å²) in [6.45, 7) is 10.2. The van der Waals surface area contributed by atoms with Gasteiger partial charge < -0.3 is 18.8 Å². The van der Waals surface area contributed by atoms with Crippen molar-refractivity contribution in [2.24, 2.45) is 0 Å². The lowest BCUT2D eigenvalue weighted by Crippen LogP contribution is -2.28. The smallest absolute Gasteiger partial charge is 0.335 e. The molecule has 0 amide bonds. The van der Waals surface area contributed by atoms with Crippen LogP contribution in [0.4, 0.5) is 0 Å². The molecule has 0 bridgehead atoms. The molecule has 148 valence electrons. The Morgan fingerprint density at radius 2 is 1.78 bits per heavy atom. The fourth-order valence-electron chi connectivity index (χ4n) is 3.09. The molecule has 1 unspecified atom stereocenters. The van der Waals surface area contributed by atoms with Crippen molar-refractivity contribution in [3.63, 3.8) is 0 Å². The van der Waals surface area contributed by atoms with Crippen molar-refractivity contribution in [3.8, 4) is 5.75 Å². The maximum atomic E-state index is 12.0. The molecule has 0 saturated heterocycles. The van der Waals surface area contributed by atoms with Crippen molar-refractivity contribution in [2.75, 3.05) is 19.8 Å². The van der Waals surface area contributed by atoms with Crippen LogP contribution in [0.5, 0.6) is 5.75 Å². The second-order valence-corrected chi connectivity index (χ2v) is 6.36. The Bertz CT molecular complexity index is 706. The van der Waals surface area contributed by atoms with E-state index in [0.717, 1.165) is 24.3 Å². The summed E-state index contributed by atoms with van der Waals surface area (Å²) in [5.41, 5.74) is 3.60. The third kappa shape index (κ3) is 6.14. The second-order valence-electron chi connectivity index (χ2n) is 6.36. The van der Waals surface area contributed by atoms with E-state index in [0.29, 0.717) is 26.2 Å². The fourth-order valence-corrected chi connectivity index (χ4v) is 3.09. The number of rotatable bonds is 11. The second kappa shape index (κ2) is 10.8. The number of carbonyl (C=O) groups excluding carboxylic acids is 1. The van der Waals surface area contributed by atoms with Gasteiger partial charge in [0, 0.05) is 24.4 Å². The van der Waals surface area contributed by atoms with Crippen molar-refractivity contribution >= 4 is 5.97 Å².